The fraction of sp³-hybridized carbons (Fsp3) is 0.520. The van der Waals surface area contributed by atoms with Crippen LogP contribution >= 0.6 is 0 Å². The van der Waals surface area contributed by atoms with Gasteiger partial charge in [0, 0.05) is 12.8 Å². The second kappa shape index (κ2) is 10.1. The fourth-order valence-corrected chi connectivity index (χ4v) is 3.96. The zero-order valence-corrected chi connectivity index (χ0v) is 17.3. The highest BCUT2D eigenvalue weighted by Gasteiger charge is 2.16. The molecule has 4 rings (SSSR count). The van der Waals surface area contributed by atoms with Gasteiger partial charge in [0.1, 0.15) is 11.5 Å². The van der Waals surface area contributed by atoms with Gasteiger partial charge >= 0.3 is 0 Å². The molecular formula is C25H32O4. The normalized spacial score (nSPS) is 23.3. The summed E-state index contributed by atoms with van der Waals surface area (Å²) in [4.78, 5) is 0. The van der Waals surface area contributed by atoms with Crippen molar-refractivity contribution in [3.63, 3.8) is 0 Å². The van der Waals surface area contributed by atoms with Crippen LogP contribution in [0.15, 0.2) is 48.5 Å². The van der Waals surface area contributed by atoms with Gasteiger partial charge in [-0.05, 0) is 73.4 Å². The van der Waals surface area contributed by atoms with Gasteiger partial charge in [-0.15, -0.1) is 0 Å². The van der Waals surface area contributed by atoms with E-state index in [1.807, 2.05) is 0 Å². The number of benzene rings is 2. The molecule has 2 fully saturated rings. The molecule has 0 aromatic heterocycles. The van der Waals surface area contributed by atoms with Crippen LogP contribution in [0.1, 0.15) is 62.5 Å². The molecule has 0 N–H and O–H groups in total. The van der Waals surface area contributed by atoms with E-state index in [2.05, 4.69) is 55.5 Å². The molecule has 2 aromatic carbocycles. The Morgan fingerprint density at radius 1 is 0.759 bits per heavy atom. The molecule has 3 atom stereocenters. The summed E-state index contributed by atoms with van der Waals surface area (Å²) in [6.07, 6.45) is 7.40. The lowest BCUT2D eigenvalue weighted by atomic mass is 9.94. The standard InChI is InChI=1S/C25H32O4/c1-19(21-10-14-23(15-11-21)29-25-7-3-5-17-27-25)18-20-8-12-22(13-9-20)28-24-6-2-4-16-26-24/h8-15,19,24-25H,2-7,16-18H2,1H3. The van der Waals surface area contributed by atoms with Gasteiger partial charge in [-0.3, -0.25) is 0 Å². The maximum Gasteiger partial charge on any atom is 0.199 e. The lowest BCUT2D eigenvalue weighted by Crippen LogP contribution is -2.24. The second-order valence-electron chi connectivity index (χ2n) is 8.15. The molecule has 0 aliphatic carbocycles. The summed E-state index contributed by atoms with van der Waals surface area (Å²) in [5.41, 5.74) is 2.63. The molecule has 0 amide bonds. The molecule has 2 saturated heterocycles. The highest BCUT2D eigenvalue weighted by molar-refractivity contribution is 5.32. The Labute approximate surface area is 174 Å². The Morgan fingerprint density at radius 2 is 1.28 bits per heavy atom. The molecule has 2 aliphatic rings. The summed E-state index contributed by atoms with van der Waals surface area (Å²) in [5, 5.41) is 0. The van der Waals surface area contributed by atoms with Crippen LogP contribution in [0.4, 0.5) is 0 Å². The van der Waals surface area contributed by atoms with Crippen LogP contribution < -0.4 is 9.47 Å². The highest BCUT2D eigenvalue weighted by atomic mass is 16.7. The lowest BCUT2D eigenvalue weighted by Gasteiger charge is -2.24. The summed E-state index contributed by atoms with van der Waals surface area (Å²) >= 11 is 0. The monoisotopic (exact) mass is 396 g/mol. The van der Waals surface area contributed by atoms with Gasteiger partial charge in [0.05, 0.1) is 13.2 Å². The van der Waals surface area contributed by atoms with Crippen LogP contribution in [0, 0.1) is 0 Å². The maximum atomic E-state index is 5.94. The summed E-state index contributed by atoms with van der Waals surface area (Å²) < 4.78 is 23.2. The Bertz CT molecular complexity index is 728. The molecular weight excluding hydrogens is 364 g/mol. The minimum absolute atomic E-state index is 0.0896. The smallest absolute Gasteiger partial charge is 0.199 e. The minimum atomic E-state index is -0.0910. The fourth-order valence-electron chi connectivity index (χ4n) is 3.96. The van der Waals surface area contributed by atoms with E-state index < -0.39 is 0 Å². The topological polar surface area (TPSA) is 36.9 Å². The lowest BCUT2D eigenvalue weighted by molar-refractivity contribution is -0.106. The zero-order valence-electron chi connectivity index (χ0n) is 17.3. The summed E-state index contributed by atoms with van der Waals surface area (Å²) in [7, 11) is 0. The molecule has 0 saturated carbocycles. The van der Waals surface area contributed by atoms with Gasteiger partial charge in [0.2, 0.25) is 0 Å². The number of hydrogen-bond donors (Lipinski definition) is 0. The molecule has 2 heterocycles. The Kier molecular flexibility index (Phi) is 7.07. The van der Waals surface area contributed by atoms with Crippen molar-refractivity contribution in [1.82, 2.24) is 0 Å². The van der Waals surface area contributed by atoms with Crippen molar-refractivity contribution in [2.75, 3.05) is 13.2 Å². The van der Waals surface area contributed by atoms with E-state index in [1.54, 1.807) is 0 Å². The molecule has 0 bridgehead atoms. The molecule has 3 unspecified atom stereocenters. The van der Waals surface area contributed by atoms with Crippen LogP contribution in [-0.4, -0.2) is 25.8 Å². The van der Waals surface area contributed by atoms with Crippen molar-refractivity contribution < 1.29 is 18.9 Å². The van der Waals surface area contributed by atoms with Crippen LogP contribution in [0.3, 0.4) is 0 Å². The number of hydrogen-bond acceptors (Lipinski definition) is 4. The Hall–Kier alpha value is -2.04. The maximum absolute atomic E-state index is 5.94. The SMILES string of the molecule is CC(Cc1ccc(OC2CCCCO2)cc1)c1ccc(OC2CCCCO2)cc1. The first-order chi connectivity index (χ1) is 14.3. The predicted molar refractivity (Wildman–Crippen MR) is 113 cm³/mol. The first-order valence-corrected chi connectivity index (χ1v) is 11.0. The van der Waals surface area contributed by atoms with Gasteiger partial charge in [-0.25, -0.2) is 0 Å². The van der Waals surface area contributed by atoms with Crippen molar-refractivity contribution in [3.05, 3.63) is 59.7 Å². The van der Waals surface area contributed by atoms with Crippen LogP contribution in [-0.2, 0) is 15.9 Å². The molecule has 0 radical (unpaired) electrons. The summed E-state index contributed by atoms with van der Waals surface area (Å²) in [6, 6.07) is 16.9. The van der Waals surface area contributed by atoms with Crippen molar-refractivity contribution in [2.45, 2.75) is 70.4 Å². The van der Waals surface area contributed by atoms with Crippen LogP contribution in [0.5, 0.6) is 11.5 Å². The van der Waals surface area contributed by atoms with Crippen LogP contribution in [0.2, 0.25) is 0 Å². The quantitative estimate of drug-likeness (QED) is 0.589. The highest BCUT2D eigenvalue weighted by Crippen LogP contribution is 2.26. The van der Waals surface area contributed by atoms with Gasteiger partial charge in [-0.1, -0.05) is 31.2 Å². The van der Waals surface area contributed by atoms with E-state index in [9.17, 15) is 0 Å². The second-order valence-corrected chi connectivity index (χ2v) is 8.15. The third-order valence-electron chi connectivity index (χ3n) is 5.73. The molecule has 29 heavy (non-hydrogen) atoms. The minimum Gasteiger partial charge on any atom is -0.465 e. The number of rotatable bonds is 7. The third kappa shape index (κ3) is 5.97. The van der Waals surface area contributed by atoms with Crippen molar-refractivity contribution >= 4 is 0 Å². The molecule has 0 spiro atoms. The third-order valence-corrected chi connectivity index (χ3v) is 5.73. The van der Waals surface area contributed by atoms with E-state index in [1.165, 1.54) is 24.0 Å². The molecule has 156 valence electrons. The summed E-state index contributed by atoms with van der Waals surface area (Å²) in [6.45, 7) is 3.87. The van der Waals surface area contributed by atoms with Gasteiger partial charge in [0.15, 0.2) is 12.6 Å². The zero-order chi connectivity index (χ0) is 19.9. The van der Waals surface area contributed by atoms with E-state index in [0.717, 1.165) is 56.8 Å². The van der Waals surface area contributed by atoms with E-state index in [4.69, 9.17) is 18.9 Å². The average Bonchev–Trinajstić information content (AvgIpc) is 2.77. The molecule has 2 aliphatic heterocycles. The Balaban J connectivity index is 1.28. The van der Waals surface area contributed by atoms with E-state index >= 15 is 0 Å². The molecule has 4 nitrogen and oxygen atoms in total. The van der Waals surface area contributed by atoms with Gasteiger partial charge < -0.3 is 18.9 Å². The Morgan fingerprint density at radius 3 is 1.76 bits per heavy atom. The van der Waals surface area contributed by atoms with E-state index in [0.29, 0.717) is 5.92 Å². The van der Waals surface area contributed by atoms with Crippen LogP contribution in [0.25, 0.3) is 0 Å². The molecule has 2 aromatic rings. The van der Waals surface area contributed by atoms with Crippen molar-refractivity contribution in [1.29, 1.82) is 0 Å². The average molecular weight is 397 g/mol. The largest absolute Gasteiger partial charge is 0.465 e. The summed E-state index contributed by atoms with van der Waals surface area (Å²) in [5.74, 6) is 2.21. The van der Waals surface area contributed by atoms with Gasteiger partial charge in [0.25, 0.3) is 0 Å². The van der Waals surface area contributed by atoms with Gasteiger partial charge in [-0.2, -0.15) is 0 Å². The molecule has 4 heteroatoms. The first kappa shape index (κ1) is 20.2. The predicted octanol–water partition coefficient (Wildman–Crippen LogP) is 5.84. The first-order valence-electron chi connectivity index (χ1n) is 11.0. The van der Waals surface area contributed by atoms with E-state index in [-0.39, 0.29) is 12.6 Å². The van der Waals surface area contributed by atoms with Crippen molar-refractivity contribution in [2.24, 2.45) is 0 Å². The number of ether oxygens (including phenoxy) is 4. The van der Waals surface area contributed by atoms with Crippen molar-refractivity contribution in [3.8, 4) is 11.5 Å².